The van der Waals surface area contributed by atoms with E-state index in [-0.39, 0.29) is 35.4 Å². The number of rotatable bonds is 4. The number of hydrogen-bond acceptors (Lipinski definition) is 2. The third-order valence-corrected chi connectivity index (χ3v) is 4.30. The fraction of sp³-hybridized carbons (Fsp3) is 0.857. The summed E-state index contributed by atoms with van der Waals surface area (Å²) in [4.78, 5) is 26.4. The van der Waals surface area contributed by atoms with E-state index in [1.54, 1.807) is 11.8 Å². The van der Waals surface area contributed by atoms with Gasteiger partial charge in [-0.1, -0.05) is 27.2 Å². The number of hydrogen-bond donors (Lipinski definition) is 1. The lowest BCUT2D eigenvalue weighted by atomic mass is 9.89. The van der Waals surface area contributed by atoms with Crippen LogP contribution in [-0.4, -0.2) is 34.3 Å². The fourth-order valence-electron chi connectivity index (χ4n) is 2.41. The molecule has 1 aliphatic rings. The zero-order valence-electron chi connectivity index (χ0n) is 12.4. The Kier molecular flexibility index (Phi) is 4.41. The predicted octanol–water partition coefficient (Wildman–Crippen LogP) is 1.94. The van der Waals surface area contributed by atoms with Crippen molar-refractivity contribution in [2.75, 3.05) is 0 Å². The van der Waals surface area contributed by atoms with Crippen LogP contribution in [0.2, 0.25) is 0 Å². The molecule has 0 aromatic rings. The van der Waals surface area contributed by atoms with E-state index < -0.39 is 0 Å². The molecule has 1 saturated heterocycles. The molecule has 3 unspecified atom stereocenters. The summed E-state index contributed by atoms with van der Waals surface area (Å²) in [6, 6.07) is -0.753. The summed E-state index contributed by atoms with van der Waals surface area (Å²) in [5.74, 6) is 0.189. The van der Waals surface area contributed by atoms with Gasteiger partial charge < -0.3 is 10.2 Å². The third kappa shape index (κ3) is 2.52. The van der Waals surface area contributed by atoms with E-state index in [9.17, 15) is 9.59 Å². The molecule has 1 heterocycles. The van der Waals surface area contributed by atoms with Gasteiger partial charge in [0.15, 0.2) is 0 Å². The number of nitrogens with one attached hydrogen (secondary N) is 1. The van der Waals surface area contributed by atoms with Crippen molar-refractivity contribution in [3.8, 4) is 0 Å². The summed E-state index contributed by atoms with van der Waals surface area (Å²) in [5, 5.41) is 2.86. The first kappa shape index (κ1) is 15.0. The van der Waals surface area contributed by atoms with Crippen molar-refractivity contribution in [3.63, 3.8) is 0 Å². The van der Waals surface area contributed by atoms with Crippen molar-refractivity contribution in [3.05, 3.63) is 0 Å². The minimum Gasteiger partial charge on any atom is -0.342 e. The van der Waals surface area contributed by atoms with Gasteiger partial charge in [0.2, 0.25) is 11.8 Å². The number of carbonyl (C=O) groups excluding carboxylic acids is 2. The first-order valence-electron chi connectivity index (χ1n) is 6.89. The van der Waals surface area contributed by atoms with E-state index in [2.05, 4.69) is 5.32 Å². The molecule has 3 atom stereocenters. The SMILES string of the molecule is CCC(C)C1NC(=O)C(C)N(C(C)(C)CC)C1=O. The lowest BCUT2D eigenvalue weighted by Crippen LogP contribution is -2.68. The van der Waals surface area contributed by atoms with Crippen molar-refractivity contribution in [2.24, 2.45) is 5.92 Å². The van der Waals surface area contributed by atoms with Crippen LogP contribution in [0.1, 0.15) is 54.4 Å². The highest BCUT2D eigenvalue weighted by molar-refractivity contribution is 5.97. The Labute approximate surface area is 110 Å². The minimum absolute atomic E-state index is 0.0403. The summed E-state index contributed by atoms with van der Waals surface area (Å²) >= 11 is 0. The molecule has 0 aromatic heterocycles. The van der Waals surface area contributed by atoms with Crippen LogP contribution in [0, 0.1) is 5.92 Å². The maximum absolute atomic E-state index is 12.6. The summed E-state index contributed by atoms with van der Waals surface area (Å²) < 4.78 is 0. The first-order chi connectivity index (χ1) is 8.26. The smallest absolute Gasteiger partial charge is 0.246 e. The summed E-state index contributed by atoms with van der Waals surface area (Å²) in [5.41, 5.74) is -0.278. The van der Waals surface area contributed by atoms with E-state index in [4.69, 9.17) is 0 Å². The molecule has 1 aliphatic heterocycles. The maximum Gasteiger partial charge on any atom is 0.246 e. The van der Waals surface area contributed by atoms with Crippen molar-refractivity contribution in [2.45, 2.75) is 72.0 Å². The second kappa shape index (κ2) is 5.29. The molecule has 0 aromatic carbocycles. The number of nitrogens with zero attached hydrogens (tertiary/aromatic N) is 1. The molecule has 4 nitrogen and oxygen atoms in total. The van der Waals surface area contributed by atoms with Gasteiger partial charge in [-0.25, -0.2) is 0 Å². The van der Waals surface area contributed by atoms with Crippen LogP contribution >= 0.6 is 0 Å². The van der Waals surface area contributed by atoms with Gasteiger partial charge in [0.05, 0.1) is 0 Å². The molecule has 1 fully saturated rings. The monoisotopic (exact) mass is 254 g/mol. The van der Waals surface area contributed by atoms with E-state index in [1.807, 2.05) is 34.6 Å². The summed E-state index contributed by atoms with van der Waals surface area (Å²) in [6.45, 7) is 11.9. The van der Waals surface area contributed by atoms with Gasteiger partial charge in [-0.3, -0.25) is 9.59 Å². The van der Waals surface area contributed by atoms with Gasteiger partial charge in [0, 0.05) is 5.54 Å². The average Bonchev–Trinajstić information content (AvgIpc) is 2.32. The van der Waals surface area contributed by atoms with Crippen molar-refractivity contribution >= 4 is 11.8 Å². The standard InChI is InChI=1S/C14H26N2O2/c1-7-9(3)11-13(18)16(14(5,6)8-2)10(4)12(17)15-11/h9-11H,7-8H2,1-6H3,(H,15,17). The van der Waals surface area contributed by atoms with Crippen LogP contribution in [0.5, 0.6) is 0 Å². The summed E-state index contributed by atoms with van der Waals surface area (Å²) in [7, 11) is 0. The predicted molar refractivity (Wildman–Crippen MR) is 72.1 cm³/mol. The average molecular weight is 254 g/mol. The number of piperazine rings is 1. The van der Waals surface area contributed by atoms with Crippen LogP contribution < -0.4 is 5.32 Å². The van der Waals surface area contributed by atoms with Crippen LogP contribution in [0.15, 0.2) is 0 Å². The van der Waals surface area contributed by atoms with Gasteiger partial charge in [0.1, 0.15) is 12.1 Å². The van der Waals surface area contributed by atoms with Gasteiger partial charge >= 0.3 is 0 Å². The zero-order valence-corrected chi connectivity index (χ0v) is 12.4. The Hall–Kier alpha value is -1.06. The van der Waals surface area contributed by atoms with Crippen molar-refractivity contribution in [1.82, 2.24) is 10.2 Å². The molecule has 4 heteroatoms. The molecule has 0 radical (unpaired) electrons. The number of carbonyl (C=O) groups is 2. The Bertz CT molecular complexity index is 339. The van der Waals surface area contributed by atoms with E-state index in [0.717, 1.165) is 12.8 Å². The molecule has 0 aliphatic carbocycles. The third-order valence-electron chi connectivity index (χ3n) is 4.30. The Balaban J connectivity index is 3.07. The second-order valence-electron chi connectivity index (χ2n) is 5.92. The highest BCUT2D eigenvalue weighted by Crippen LogP contribution is 2.27. The molecule has 1 rings (SSSR count). The van der Waals surface area contributed by atoms with Crippen molar-refractivity contribution in [1.29, 1.82) is 0 Å². The van der Waals surface area contributed by atoms with Gasteiger partial charge in [-0.2, -0.15) is 0 Å². The first-order valence-corrected chi connectivity index (χ1v) is 6.89. The van der Waals surface area contributed by atoms with E-state index in [1.165, 1.54) is 0 Å². The molecule has 0 saturated carbocycles. The lowest BCUT2D eigenvalue weighted by Gasteiger charge is -2.47. The van der Waals surface area contributed by atoms with Crippen molar-refractivity contribution < 1.29 is 9.59 Å². The molecular formula is C14H26N2O2. The Morgan fingerprint density at radius 3 is 2.33 bits per heavy atom. The second-order valence-corrected chi connectivity index (χ2v) is 5.92. The normalized spacial score (nSPS) is 27.1. The molecule has 1 N–H and O–H groups in total. The Morgan fingerprint density at radius 2 is 1.89 bits per heavy atom. The van der Waals surface area contributed by atoms with Gasteiger partial charge in [-0.15, -0.1) is 0 Å². The largest absolute Gasteiger partial charge is 0.342 e. The quantitative estimate of drug-likeness (QED) is 0.833. The summed E-state index contributed by atoms with van der Waals surface area (Å²) in [6.07, 6.45) is 1.72. The lowest BCUT2D eigenvalue weighted by molar-refractivity contribution is -0.156. The van der Waals surface area contributed by atoms with Gasteiger partial charge in [0.25, 0.3) is 0 Å². The highest BCUT2D eigenvalue weighted by Gasteiger charge is 2.45. The molecule has 0 bridgehead atoms. The zero-order chi connectivity index (χ0) is 14.1. The van der Waals surface area contributed by atoms with Crippen LogP contribution in [-0.2, 0) is 9.59 Å². The maximum atomic E-state index is 12.6. The van der Waals surface area contributed by atoms with Crippen LogP contribution in [0.3, 0.4) is 0 Å². The Morgan fingerprint density at radius 1 is 1.33 bits per heavy atom. The molecule has 104 valence electrons. The highest BCUT2D eigenvalue weighted by atomic mass is 16.2. The van der Waals surface area contributed by atoms with Crippen LogP contribution in [0.25, 0.3) is 0 Å². The topological polar surface area (TPSA) is 49.4 Å². The fourth-order valence-corrected chi connectivity index (χ4v) is 2.41. The molecule has 0 spiro atoms. The van der Waals surface area contributed by atoms with Gasteiger partial charge in [-0.05, 0) is 33.1 Å². The molecule has 2 amide bonds. The molecular weight excluding hydrogens is 228 g/mol. The van der Waals surface area contributed by atoms with E-state index >= 15 is 0 Å². The van der Waals surface area contributed by atoms with Crippen LogP contribution in [0.4, 0.5) is 0 Å². The number of amides is 2. The molecule has 18 heavy (non-hydrogen) atoms. The minimum atomic E-state index is -0.382. The van der Waals surface area contributed by atoms with E-state index in [0.29, 0.717) is 0 Å².